The van der Waals surface area contributed by atoms with Gasteiger partial charge in [0.1, 0.15) is 5.54 Å². The van der Waals surface area contributed by atoms with Crippen molar-refractivity contribution in [1.29, 1.82) is 0 Å². The molecule has 66 valence electrons. The molecule has 2 aliphatic rings. The summed E-state index contributed by atoms with van der Waals surface area (Å²) in [5, 5.41) is 3.02. The molecule has 0 aromatic heterocycles. The van der Waals surface area contributed by atoms with Crippen molar-refractivity contribution in [3.8, 4) is 0 Å². The zero-order chi connectivity index (χ0) is 8.77. The highest BCUT2D eigenvalue weighted by molar-refractivity contribution is 5.98. The molecule has 1 N–H and O–H groups in total. The molecule has 2 fully saturated rings. The zero-order valence-corrected chi connectivity index (χ0v) is 6.92. The summed E-state index contributed by atoms with van der Waals surface area (Å²) in [5.41, 5.74) is -0.670. The maximum atomic E-state index is 11.3. The number of hydrogen-bond donors (Lipinski definition) is 1. The van der Waals surface area contributed by atoms with Crippen molar-refractivity contribution < 1.29 is 14.3 Å². The molecule has 2 aliphatic heterocycles. The molecule has 2 bridgehead atoms. The van der Waals surface area contributed by atoms with Gasteiger partial charge in [-0.1, -0.05) is 0 Å². The number of esters is 1. The lowest BCUT2D eigenvalue weighted by molar-refractivity contribution is -0.148. The largest absolute Gasteiger partial charge is 0.468 e. The van der Waals surface area contributed by atoms with Gasteiger partial charge >= 0.3 is 5.97 Å². The van der Waals surface area contributed by atoms with Crippen LogP contribution in [-0.4, -0.2) is 30.4 Å². The molecule has 0 aliphatic carbocycles. The Kier molecular flexibility index (Phi) is 1.48. The maximum absolute atomic E-state index is 11.3. The lowest BCUT2D eigenvalue weighted by atomic mass is 9.87. The van der Waals surface area contributed by atoms with E-state index in [2.05, 4.69) is 10.1 Å². The first-order valence-electron chi connectivity index (χ1n) is 4.07. The molecule has 4 heteroatoms. The smallest absolute Gasteiger partial charge is 0.326 e. The third-order valence-electron chi connectivity index (χ3n) is 2.75. The Balaban J connectivity index is 2.23. The molecule has 0 amide bonds. The van der Waals surface area contributed by atoms with E-state index >= 15 is 0 Å². The van der Waals surface area contributed by atoms with Crippen molar-refractivity contribution in [3.63, 3.8) is 0 Å². The summed E-state index contributed by atoms with van der Waals surface area (Å²) in [6.07, 6.45) is 1.81. The van der Waals surface area contributed by atoms with Crippen LogP contribution in [0.15, 0.2) is 0 Å². The first kappa shape index (κ1) is 7.73. The number of hydrogen-bond acceptors (Lipinski definition) is 4. The molecular weight excluding hydrogens is 158 g/mol. The minimum absolute atomic E-state index is 0.0934. The quantitative estimate of drug-likeness (QED) is 0.544. The Labute approximate surface area is 70.3 Å². The van der Waals surface area contributed by atoms with Gasteiger partial charge in [0.05, 0.1) is 13.2 Å². The molecule has 0 saturated carbocycles. The van der Waals surface area contributed by atoms with Gasteiger partial charge in [0.25, 0.3) is 0 Å². The number of Topliss-reactive ketones (excluding diaryl/α,β-unsaturated/α-hetero) is 1. The van der Waals surface area contributed by atoms with E-state index in [1.807, 2.05) is 0 Å². The molecule has 0 aromatic carbocycles. The SMILES string of the molecule is COC(=O)C12CCC(N1)C(=O)C2. The molecule has 12 heavy (non-hydrogen) atoms. The van der Waals surface area contributed by atoms with Crippen LogP contribution in [0.3, 0.4) is 0 Å². The number of rotatable bonds is 1. The molecule has 2 saturated heterocycles. The summed E-state index contributed by atoms with van der Waals surface area (Å²) in [5.74, 6) is -0.150. The summed E-state index contributed by atoms with van der Waals surface area (Å²) >= 11 is 0. The highest BCUT2D eigenvalue weighted by Gasteiger charge is 2.55. The fourth-order valence-electron chi connectivity index (χ4n) is 2.10. The van der Waals surface area contributed by atoms with Crippen LogP contribution in [0.2, 0.25) is 0 Å². The van der Waals surface area contributed by atoms with E-state index in [-0.39, 0.29) is 17.8 Å². The fourth-order valence-corrected chi connectivity index (χ4v) is 2.10. The van der Waals surface area contributed by atoms with Gasteiger partial charge in [-0.3, -0.25) is 14.9 Å². The minimum Gasteiger partial charge on any atom is -0.468 e. The fraction of sp³-hybridized carbons (Fsp3) is 0.750. The number of carbonyl (C=O) groups is 2. The average molecular weight is 169 g/mol. The van der Waals surface area contributed by atoms with Crippen LogP contribution in [0.1, 0.15) is 19.3 Å². The van der Waals surface area contributed by atoms with Gasteiger partial charge in [0, 0.05) is 6.42 Å². The standard InChI is InChI=1S/C8H11NO3/c1-12-7(11)8-3-2-5(9-8)6(10)4-8/h5,9H,2-4H2,1H3. The number of ketones is 1. The molecule has 2 rings (SSSR count). The van der Waals surface area contributed by atoms with Crippen LogP contribution in [0.5, 0.6) is 0 Å². The number of nitrogens with one attached hydrogen (secondary N) is 1. The Morgan fingerprint density at radius 3 is 2.92 bits per heavy atom. The first-order valence-corrected chi connectivity index (χ1v) is 4.07. The summed E-state index contributed by atoms with van der Waals surface area (Å²) in [6, 6.07) is -0.0934. The lowest BCUT2D eigenvalue weighted by Gasteiger charge is -2.21. The van der Waals surface area contributed by atoms with E-state index in [1.54, 1.807) is 0 Å². The molecule has 0 aromatic rings. The Morgan fingerprint density at radius 1 is 1.75 bits per heavy atom. The van der Waals surface area contributed by atoms with Gasteiger partial charge < -0.3 is 4.74 Å². The maximum Gasteiger partial charge on any atom is 0.326 e. The Bertz CT molecular complexity index is 251. The van der Waals surface area contributed by atoms with Crippen LogP contribution < -0.4 is 5.32 Å². The van der Waals surface area contributed by atoms with Crippen molar-refractivity contribution in [2.45, 2.75) is 30.8 Å². The lowest BCUT2D eigenvalue weighted by Crippen LogP contribution is -2.45. The van der Waals surface area contributed by atoms with E-state index in [1.165, 1.54) is 7.11 Å². The summed E-state index contributed by atoms with van der Waals surface area (Å²) in [6.45, 7) is 0. The summed E-state index contributed by atoms with van der Waals surface area (Å²) in [7, 11) is 1.36. The van der Waals surface area contributed by atoms with Crippen LogP contribution in [-0.2, 0) is 14.3 Å². The summed E-state index contributed by atoms with van der Waals surface area (Å²) < 4.78 is 4.65. The van der Waals surface area contributed by atoms with Gasteiger partial charge in [-0.25, -0.2) is 0 Å². The van der Waals surface area contributed by atoms with Gasteiger partial charge in [0.2, 0.25) is 0 Å². The predicted molar refractivity (Wildman–Crippen MR) is 40.5 cm³/mol. The second-order valence-corrected chi connectivity index (χ2v) is 3.45. The predicted octanol–water partition coefficient (Wildman–Crippen LogP) is -0.377. The van der Waals surface area contributed by atoms with E-state index in [4.69, 9.17) is 0 Å². The van der Waals surface area contributed by atoms with E-state index in [0.29, 0.717) is 6.42 Å². The molecule has 2 atom stereocenters. The monoisotopic (exact) mass is 169 g/mol. The molecule has 0 radical (unpaired) electrons. The van der Waals surface area contributed by atoms with E-state index < -0.39 is 5.54 Å². The van der Waals surface area contributed by atoms with Crippen LogP contribution in [0.25, 0.3) is 0 Å². The minimum atomic E-state index is -0.670. The van der Waals surface area contributed by atoms with Gasteiger partial charge in [0.15, 0.2) is 5.78 Å². The molecule has 2 heterocycles. The third-order valence-corrected chi connectivity index (χ3v) is 2.75. The first-order chi connectivity index (χ1) is 5.68. The molecule has 2 unspecified atom stereocenters. The highest BCUT2D eigenvalue weighted by Crippen LogP contribution is 2.35. The number of methoxy groups -OCH3 is 1. The number of ether oxygens (including phenoxy) is 1. The second-order valence-electron chi connectivity index (χ2n) is 3.45. The normalized spacial score (nSPS) is 38.8. The van der Waals surface area contributed by atoms with Crippen molar-refractivity contribution in [2.75, 3.05) is 7.11 Å². The number of fused-ring (bicyclic) bond motifs is 2. The van der Waals surface area contributed by atoms with Crippen LogP contribution in [0.4, 0.5) is 0 Å². The Hall–Kier alpha value is -0.900. The molecule has 0 spiro atoms. The van der Waals surface area contributed by atoms with Gasteiger partial charge in [-0.15, -0.1) is 0 Å². The van der Waals surface area contributed by atoms with Crippen molar-refractivity contribution >= 4 is 11.8 Å². The second kappa shape index (κ2) is 2.29. The topological polar surface area (TPSA) is 55.4 Å². The van der Waals surface area contributed by atoms with Crippen molar-refractivity contribution in [3.05, 3.63) is 0 Å². The molecule has 4 nitrogen and oxygen atoms in total. The number of carbonyl (C=O) groups excluding carboxylic acids is 2. The molecular formula is C8H11NO3. The van der Waals surface area contributed by atoms with Gasteiger partial charge in [-0.2, -0.15) is 0 Å². The highest BCUT2D eigenvalue weighted by atomic mass is 16.5. The Morgan fingerprint density at radius 2 is 2.50 bits per heavy atom. The van der Waals surface area contributed by atoms with Crippen molar-refractivity contribution in [2.24, 2.45) is 0 Å². The van der Waals surface area contributed by atoms with Crippen molar-refractivity contribution in [1.82, 2.24) is 5.32 Å². The zero-order valence-electron chi connectivity index (χ0n) is 6.92. The van der Waals surface area contributed by atoms with E-state index in [9.17, 15) is 9.59 Å². The third kappa shape index (κ3) is 0.813. The van der Waals surface area contributed by atoms with Crippen LogP contribution >= 0.6 is 0 Å². The average Bonchev–Trinajstić information content (AvgIpc) is 2.60. The van der Waals surface area contributed by atoms with E-state index in [0.717, 1.165) is 12.8 Å². The van der Waals surface area contributed by atoms with Crippen LogP contribution in [0, 0.1) is 0 Å². The summed E-state index contributed by atoms with van der Waals surface area (Å²) in [4.78, 5) is 22.5. The van der Waals surface area contributed by atoms with Gasteiger partial charge in [-0.05, 0) is 12.8 Å².